The molecule has 2 rings (SSSR count). The van der Waals surface area contributed by atoms with Crippen molar-refractivity contribution in [2.75, 3.05) is 6.54 Å². The van der Waals surface area contributed by atoms with Crippen molar-refractivity contribution in [2.45, 2.75) is 33.1 Å². The third-order valence-electron chi connectivity index (χ3n) is 6.87. The van der Waals surface area contributed by atoms with Crippen LogP contribution in [0.4, 0.5) is 0 Å². The highest BCUT2D eigenvalue weighted by Crippen LogP contribution is 2.36. The lowest BCUT2D eigenvalue weighted by molar-refractivity contribution is 0.349. The summed E-state index contributed by atoms with van der Waals surface area (Å²) in [5.74, 6) is 1.22. The molecule has 0 aromatic heterocycles. The quantitative estimate of drug-likeness (QED) is 0.238. The van der Waals surface area contributed by atoms with Gasteiger partial charge in [-0.05, 0) is 80.7 Å². The molecule has 1 aliphatic heterocycles. The number of rotatable bonds is 13. The maximum absolute atomic E-state index is 4.43. The van der Waals surface area contributed by atoms with Crippen LogP contribution in [-0.2, 0) is 0 Å². The van der Waals surface area contributed by atoms with Crippen molar-refractivity contribution in [3.63, 3.8) is 0 Å². The molecule has 0 spiro atoms. The number of nitrogens with one attached hydrogen (secondary N) is 1. The molecule has 0 aromatic rings. The molecule has 0 bridgehead atoms. The van der Waals surface area contributed by atoms with Gasteiger partial charge in [0.2, 0.25) is 0 Å². The SMILES string of the molecule is [CH2]C1/C=C\C=C/N(/C=C/C=C(/C)[CH]C=C)CCC(C2=C(CC(=C)/C=C\C=C/N/C=C\C=C/C=C)[CH]C=C2)CC1C. The van der Waals surface area contributed by atoms with Crippen LogP contribution in [0.3, 0.4) is 0 Å². The Morgan fingerprint density at radius 1 is 1.02 bits per heavy atom. The zero-order valence-corrected chi connectivity index (χ0v) is 24.5. The molecular formula is C38H47N2. The van der Waals surface area contributed by atoms with Crippen LogP contribution in [0.1, 0.15) is 33.1 Å². The highest BCUT2D eigenvalue weighted by atomic mass is 15.1. The van der Waals surface area contributed by atoms with Crippen LogP contribution in [0.25, 0.3) is 0 Å². The van der Waals surface area contributed by atoms with Gasteiger partial charge < -0.3 is 10.2 Å². The fourth-order valence-corrected chi connectivity index (χ4v) is 4.58. The second-order valence-corrected chi connectivity index (χ2v) is 10.2. The Morgan fingerprint density at radius 2 is 1.82 bits per heavy atom. The normalized spacial score (nSPS) is 24.5. The average Bonchev–Trinajstić information content (AvgIpc) is 3.38. The van der Waals surface area contributed by atoms with E-state index in [0.29, 0.717) is 11.8 Å². The van der Waals surface area contributed by atoms with Gasteiger partial charge in [-0.25, -0.2) is 0 Å². The molecule has 0 amide bonds. The van der Waals surface area contributed by atoms with Gasteiger partial charge in [0.15, 0.2) is 0 Å². The van der Waals surface area contributed by atoms with E-state index in [1.54, 1.807) is 6.08 Å². The summed E-state index contributed by atoms with van der Waals surface area (Å²) in [5.41, 5.74) is 5.08. The first kappa shape index (κ1) is 32.4. The molecule has 2 heteroatoms. The second-order valence-electron chi connectivity index (χ2n) is 10.2. The standard InChI is InChI=1S/C38H47N2/c1-7-9-10-13-25-39-26-14-11-19-33(4)30-36-22-16-23-38(36)37-24-29-40(28-17-20-32(3)18-8-2)27-15-12-21-34(5)35(6)31-37/h7-23,25-28,34-35,37,39H,1-2,4-5,24,29-31H2,3,6H3/b10-9-,19-11-,21-12-,25-13-,26-14-,27-15-,28-17+,32-20-. The van der Waals surface area contributed by atoms with E-state index < -0.39 is 0 Å². The number of hydrogen-bond donors (Lipinski definition) is 1. The first-order valence-corrected chi connectivity index (χ1v) is 14.1. The minimum Gasteiger partial charge on any atom is -0.368 e. The monoisotopic (exact) mass is 531 g/mol. The molecule has 2 nitrogen and oxygen atoms in total. The predicted octanol–water partition coefficient (Wildman–Crippen LogP) is 9.64. The summed E-state index contributed by atoms with van der Waals surface area (Å²) in [6.07, 6.45) is 45.9. The first-order chi connectivity index (χ1) is 19.4. The topological polar surface area (TPSA) is 15.3 Å². The van der Waals surface area contributed by atoms with Crippen molar-refractivity contribution in [1.82, 2.24) is 10.2 Å². The van der Waals surface area contributed by atoms with E-state index in [1.165, 1.54) is 16.7 Å². The number of allylic oxidation sites excluding steroid dienone is 19. The van der Waals surface area contributed by atoms with Crippen LogP contribution >= 0.6 is 0 Å². The van der Waals surface area contributed by atoms with E-state index in [2.05, 4.69) is 118 Å². The maximum Gasteiger partial charge on any atom is 0.0225 e. The molecule has 0 fully saturated rings. The molecule has 0 saturated heterocycles. The summed E-state index contributed by atoms with van der Waals surface area (Å²) in [7, 11) is 0. The zero-order chi connectivity index (χ0) is 29.0. The van der Waals surface area contributed by atoms with Crippen molar-refractivity contribution in [3.8, 4) is 0 Å². The summed E-state index contributed by atoms with van der Waals surface area (Å²) in [6, 6.07) is 0. The highest BCUT2D eigenvalue weighted by Gasteiger charge is 2.24. The smallest absolute Gasteiger partial charge is 0.0225 e. The van der Waals surface area contributed by atoms with Crippen LogP contribution < -0.4 is 5.32 Å². The lowest BCUT2D eigenvalue weighted by Gasteiger charge is -2.27. The van der Waals surface area contributed by atoms with Crippen LogP contribution in [-0.4, -0.2) is 11.4 Å². The van der Waals surface area contributed by atoms with Crippen molar-refractivity contribution in [3.05, 3.63) is 178 Å². The van der Waals surface area contributed by atoms with Gasteiger partial charge in [0.25, 0.3) is 0 Å². The number of nitrogens with zero attached hydrogens (tertiary/aromatic N) is 1. The van der Waals surface area contributed by atoms with Gasteiger partial charge >= 0.3 is 0 Å². The molecular weight excluding hydrogens is 484 g/mol. The Hall–Kier alpha value is -3.78. The summed E-state index contributed by atoms with van der Waals surface area (Å²) in [4.78, 5) is 2.28. The molecule has 2 aliphatic rings. The summed E-state index contributed by atoms with van der Waals surface area (Å²) >= 11 is 0. The maximum atomic E-state index is 4.43. The highest BCUT2D eigenvalue weighted by molar-refractivity contribution is 5.46. The van der Waals surface area contributed by atoms with E-state index in [0.717, 1.165) is 31.4 Å². The van der Waals surface area contributed by atoms with Gasteiger partial charge in [-0.1, -0.05) is 104 Å². The van der Waals surface area contributed by atoms with Crippen LogP contribution in [0, 0.1) is 37.5 Å². The molecule has 209 valence electrons. The minimum absolute atomic E-state index is 0.277. The fraction of sp³-hybridized carbons (Fsp3) is 0.237. The van der Waals surface area contributed by atoms with E-state index >= 15 is 0 Å². The van der Waals surface area contributed by atoms with Crippen LogP contribution in [0.2, 0.25) is 0 Å². The largest absolute Gasteiger partial charge is 0.368 e. The Labute approximate surface area is 245 Å². The molecule has 1 aliphatic carbocycles. The van der Waals surface area contributed by atoms with Crippen LogP contribution in [0.15, 0.2) is 158 Å². The Bertz CT molecular complexity index is 1130. The molecule has 0 aromatic carbocycles. The predicted molar refractivity (Wildman–Crippen MR) is 177 cm³/mol. The average molecular weight is 532 g/mol. The Balaban J connectivity index is 2.12. The first-order valence-electron chi connectivity index (χ1n) is 14.1. The van der Waals surface area contributed by atoms with Crippen LogP contribution in [0.5, 0.6) is 0 Å². The van der Waals surface area contributed by atoms with Gasteiger partial charge in [-0.2, -0.15) is 0 Å². The molecule has 40 heavy (non-hydrogen) atoms. The fourth-order valence-electron chi connectivity index (χ4n) is 4.58. The van der Waals surface area contributed by atoms with Gasteiger partial charge in [-0.15, -0.1) is 6.58 Å². The summed E-state index contributed by atoms with van der Waals surface area (Å²) in [5, 5.41) is 3.12. The van der Waals surface area contributed by atoms with Gasteiger partial charge in [0.05, 0.1) is 0 Å². The third-order valence-corrected chi connectivity index (χ3v) is 6.87. The lowest BCUT2D eigenvalue weighted by atomic mass is 9.80. The Kier molecular flexibility index (Phi) is 15.7. The summed E-state index contributed by atoms with van der Waals surface area (Å²) < 4.78 is 0. The van der Waals surface area contributed by atoms with Gasteiger partial charge in [0.1, 0.15) is 0 Å². The minimum atomic E-state index is 0.277. The van der Waals surface area contributed by atoms with Crippen molar-refractivity contribution in [1.29, 1.82) is 0 Å². The number of hydrogen-bond acceptors (Lipinski definition) is 2. The van der Waals surface area contributed by atoms with Crippen molar-refractivity contribution < 1.29 is 0 Å². The van der Waals surface area contributed by atoms with E-state index in [1.807, 2.05) is 55.3 Å². The van der Waals surface area contributed by atoms with Crippen molar-refractivity contribution in [2.24, 2.45) is 17.8 Å². The van der Waals surface area contributed by atoms with Crippen molar-refractivity contribution >= 4 is 0 Å². The summed E-state index contributed by atoms with van der Waals surface area (Å²) in [6.45, 7) is 21.5. The lowest BCUT2D eigenvalue weighted by Crippen LogP contribution is -2.19. The second kappa shape index (κ2) is 19.3. The van der Waals surface area contributed by atoms with Gasteiger partial charge in [0, 0.05) is 44.2 Å². The third kappa shape index (κ3) is 12.8. The molecule has 3 radical (unpaired) electrons. The molecule has 3 unspecified atom stereocenters. The van der Waals surface area contributed by atoms with E-state index in [4.69, 9.17) is 0 Å². The molecule has 3 atom stereocenters. The molecule has 1 heterocycles. The molecule has 0 saturated carbocycles. The zero-order valence-electron chi connectivity index (χ0n) is 24.5. The van der Waals surface area contributed by atoms with Gasteiger partial charge in [-0.3, -0.25) is 0 Å². The Morgan fingerprint density at radius 3 is 2.60 bits per heavy atom. The molecule has 1 N–H and O–H groups in total. The van der Waals surface area contributed by atoms with E-state index in [9.17, 15) is 0 Å². The van der Waals surface area contributed by atoms with E-state index in [-0.39, 0.29) is 5.92 Å².